The summed E-state index contributed by atoms with van der Waals surface area (Å²) in [4.78, 5) is 11.7. The summed E-state index contributed by atoms with van der Waals surface area (Å²) in [6, 6.07) is 0. The van der Waals surface area contributed by atoms with Crippen molar-refractivity contribution in [2.45, 2.75) is 25.7 Å². The van der Waals surface area contributed by atoms with Gasteiger partial charge < -0.3 is 5.32 Å². The number of hydrogen-bond donors (Lipinski definition) is 1. The number of hydrogen-bond acceptors (Lipinski definition) is 3. The predicted molar refractivity (Wildman–Crippen MR) is 55.1 cm³/mol. The van der Waals surface area contributed by atoms with Crippen molar-refractivity contribution in [2.75, 3.05) is 6.54 Å². The molecule has 0 saturated carbocycles. The summed E-state index contributed by atoms with van der Waals surface area (Å²) in [5, 5.41) is 10.8. The van der Waals surface area contributed by atoms with Crippen LogP contribution in [0.5, 0.6) is 0 Å². The van der Waals surface area contributed by atoms with Gasteiger partial charge in [0.05, 0.1) is 5.69 Å². The molecule has 0 aliphatic carbocycles. The standard InChI is InChI=1S/C10H16N4O/c1-14-7-9(12-13-14)6-8-4-2-3-5-11-10(8)15/h7-8H,2-6H2,1H3,(H,11,15). The van der Waals surface area contributed by atoms with Crippen molar-refractivity contribution in [3.63, 3.8) is 0 Å². The Bertz CT molecular complexity index is 347. The molecule has 0 radical (unpaired) electrons. The van der Waals surface area contributed by atoms with Crippen LogP contribution in [0, 0.1) is 5.92 Å². The molecule has 0 aromatic carbocycles. The maximum absolute atomic E-state index is 11.7. The number of amides is 1. The lowest BCUT2D eigenvalue weighted by Gasteiger charge is -2.10. The van der Waals surface area contributed by atoms with Crippen LogP contribution in [0.2, 0.25) is 0 Å². The number of aromatic nitrogens is 3. The zero-order valence-electron chi connectivity index (χ0n) is 8.94. The van der Waals surface area contributed by atoms with Gasteiger partial charge in [-0.15, -0.1) is 5.10 Å². The van der Waals surface area contributed by atoms with Crippen LogP contribution in [-0.2, 0) is 18.3 Å². The number of carbonyl (C=O) groups excluding carboxylic acids is 1. The minimum absolute atomic E-state index is 0.0733. The van der Waals surface area contributed by atoms with Gasteiger partial charge in [-0.05, 0) is 12.8 Å². The summed E-state index contributed by atoms with van der Waals surface area (Å²) in [6.45, 7) is 0.815. The van der Waals surface area contributed by atoms with Crippen LogP contribution in [0.25, 0.3) is 0 Å². The molecule has 1 aromatic rings. The molecule has 1 N–H and O–H groups in total. The van der Waals surface area contributed by atoms with E-state index in [2.05, 4.69) is 15.6 Å². The van der Waals surface area contributed by atoms with Gasteiger partial charge in [0.1, 0.15) is 0 Å². The monoisotopic (exact) mass is 208 g/mol. The first-order valence-corrected chi connectivity index (χ1v) is 5.38. The van der Waals surface area contributed by atoms with Crippen LogP contribution >= 0.6 is 0 Å². The van der Waals surface area contributed by atoms with Crippen molar-refractivity contribution in [1.29, 1.82) is 0 Å². The molecule has 1 amide bonds. The molecule has 82 valence electrons. The molecule has 5 heteroatoms. The Balaban J connectivity index is 2.00. The highest BCUT2D eigenvalue weighted by Gasteiger charge is 2.21. The van der Waals surface area contributed by atoms with Gasteiger partial charge in [0.2, 0.25) is 5.91 Å². The molecule has 1 aliphatic heterocycles. The Morgan fingerprint density at radius 3 is 3.20 bits per heavy atom. The molecule has 1 fully saturated rings. The van der Waals surface area contributed by atoms with Crippen molar-refractivity contribution in [3.05, 3.63) is 11.9 Å². The molecule has 1 atom stereocenters. The molecular formula is C10H16N4O. The van der Waals surface area contributed by atoms with Crippen LogP contribution in [0.3, 0.4) is 0 Å². The molecule has 15 heavy (non-hydrogen) atoms. The average Bonchev–Trinajstić information content (AvgIpc) is 2.50. The molecular weight excluding hydrogens is 192 g/mol. The summed E-state index contributed by atoms with van der Waals surface area (Å²) in [5.74, 6) is 0.238. The number of nitrogens with one attached hydrogen (secondary N) is 1. The maximum atomic E-state index is 11.7. The van der Waals surface area contributed by atoms with E-state index >= 15 is 0 Å². The molecule has 1 saturated heterocycles. The zero-order chi connectivity index (χ0) is 10.7. The van der Waals surface area contributed by atoms with E-state index in [9.17, 15) is 4.79 Å². The van der Waals surface area contributed by atoms with Gasteiger partial charge >= 0.3 is 0 Å². The lowest BCUT2D eigenvalue weighted by atomic mass is 9.97. The molecule has 5 nitrogen and oxygen atoms in total. The smallest absolute Gasteiger partial charge is 0.223 e. The fourth-order valence-electron chi connectivity index (χ4n) is 1.94. The molecule has 1 aliphatic rings. The van der Waals surface area contributed by atoms with Gasteiger partial charge in [0, 0.05) is 32.1 Å². The second-order valence-electron chi connectivity index (χ2n) is 4.07. The highest BCUT2D eigenvalue weighted by molar-refractivity contribution is 5.79. The SMILES string of the molecule is Cn1cc(CC2CCCCNC2=O)nn1. The van der Waals surface area contributed by atoms with Crippen LogP contribution in [-0.4, -0.2) is 27.4 Å². The van der Waals surface area contributed by atoms with E-state index in [1.807, 2.05) is 13.2 Å². The summed E-state index contributed by atoms with van der Waals surface area (Å²) in [7, 11) is 1.84. The molecule has 1 unspecified atom stereocenters. The fourth-order valence-corrected chi connectivity index (χ4v) is 1.94. The van der Waals surface area contributed by atoms with Crippen LogP contribution < -0.4 is 5.32 Å². The Morgan fingerprint density at radius 2 is 2.47 bits per heavy atom. The lowest BCUT2D eigenvalue weighted by Crippen LogP contribution is -2.30. The zero-order valence-corrected chi connectivity index (χ0v) is 8.94. The van der Waals surface area contributed by atoms with Crippen molar-refractivity contribution < 1.29 is 4.79 Å². The summed E-state index contributed by atoms with van der Waals surface area (Å²) in [6.07, 6.45) is 5.74. The first kappa shape index (κ1) is 10.1. The second-order valence-corrected chi connectivity index (χ2v) is 4.07. The van der Waals surface area contributed by atoms with E-state index in [4.69, 9.17) is 0 Å². The first-order valence-electron chi connectivity index (χ1n) is 5.38. The Hall–Kier alpha value is -1.39. The van der Waals surface area contributed by atoms with E-state index in [-0.39, 0.29) is 11.8 Å². The predicted octanol–water partition coefficient (Wildman–Crippen LogP) is 0.274. The Morgan fingerprint density at radius 1 is 1.60 bits per heavy atom. The number of aryl methyl sites for hydroxylation is 1. The van der Waals surface area contributed by atoms with Gasteiger partial charge in [-0.25, -0.2) is 0 Å². The van der Waals surface area contributed by atoms with E-state index in [1.165, 1.54) is 0 Å². The minimum Gasteiger partial charge on any atom is -0.356 e. The second kappa shape index (κ2) is 4.42. The van der Waals surface area contributed by atoms with E-state index in [1.54, 1.807) is 4.68 Å². The summed E-state index contributed by atoms with van der Waals surface area (Å²) in [5.41, 5.74) is 0.902. The minimum atomic E-state index is 0.0733. The van der Waals surface area contributed by atoms with Crippen molar-refractivity contribution >= 4 is 5.91 Å². The quantitative estimate of drug-likeness (QED) is 0.759. The van der Waals surface area contributed by atoms with Crippen molar-refractivity contribution in [3.8, 4) is 0 Å². The average molecular weight is 208 g/mol. The van der Waals surface area contributed by atoms with Gasteiger partial charge in [0.25, 0.3) is 0 Å². The van der Waals surface area contributed by atoms with Gasteiger partial charge in [-0.2, -0.15) is 0 Å². The van der Waals surface area contributed by atoms with Crippen LogP contribution in [0.15, 0.2) is 6.20 Å². The van der Waals surface area contributed by atoms with E-state index in [0.29, 0.717) is 6.42 Å². The molecule has 2 rings (SSSR count). The number of carbonyl (C=O) groups is 1. The third-order valence-electron chi connectivity index (χ3n) is 2.76. The third-order valence-corrected chi connectivity index (χ3v) is 2.76. The van der Waals surface area contributed by atoms with Gasteiger partial charge in [-0.3, -0.25) is 9.48 Å². The van der Waals surface area contributed by atoms with Crippen molar-refractivity contribution in [1.82, 2.24) is 20.3 Å². The number of nitrogens with zero attached hydrogens (tertiary/aromatic N) is 3. The number of rotatable bonds is 2. The topological polar surface area (TPSA) is 59.8 Å². The summed E-state index contributed by atoms with van der Waals surface area (Å²) >= 11 is 0. The van der Waals surface area contributed by atoms with Gasteiger partial charge in [0.15, 0.2) is 0 Å². The fraction of sp³-hybridized carbons (Fsp3) is 0.700. The van der Waals surface area contributed by atoms with Crippen LogP contribution in [0.1, 0.15) is 25.0 Å². The Labute approximate surface area is 88.9 Å². The molecule has 0 bridgehead atoms. The van der Waals surface area contributed by atoms with Crippen LogP contribution in [0.4, 0.5) is 0 Å². The largest absolute Gasteiger partial charge is 0.356 e. The molecule has 2 heterocycles. The highest BCUT2D eigenvalue weighted by atomic mass is 16.1. The van der Waals surface area contributed by atoms with Gasteiger partial charge in [-0.1, -0.05) is 11.6 Å². The lowest BCUT2D eigenvalue weighted by molar-refractivity contribution is -0.124. The molecule has 0 spiro atoms. The molecule has 1 aromatic heterocycles. The Kier molecular flexibility index (Phi) is 2.99. The van der Waals surface area contributed by atoms with Crippen molar-refractivity contribution in [2.24, 2.45) is 13.0 Å². The normalized spacial score (nSPS) is 22.2. The summed E-state index contributed by atoms with van der Waals surface area (Å²) < 4.78 is 1.67. The van der Waals surface area contributed by atoms with E-state index < -0.39 is 0 Å². The third kappa shape index (κ3) is 2.55. The maximum Gasteiger partial charge on any atom is 0.223 e. The van der Waals surface area contributed by atoms with E-state index in [0.717, 1.165) is 31.5 Å². The highest BCUT2D eigenvalue weighted by Crippen LogP contribution is 2.16. The first-order chi connectivity index (χ1) is 7.25.